The highest BCUT2D eigenvalue weighted by molar-refractivity contribution is 7.12. The molecule has 0 spiro atoms. The van der Waals surface area contributed by atoms with E-state index >= 15 is 0 Å². The molecule has 2 aromatic rings. The molecular weight excluding hydrogens is 262 g/mol. The molecule has 98 valence electrons. The number of amides is 2. The molecule has 0 aliphatic rings. The molecule has 0 saturated carbocycles. The first-order chi connectivity index (χ1) is 9.25. The Morgan fingerprint density at radius 3 is 2.84 bits per heavy atom. The minimum Gasteiger partial charge on any atom is -0.351 e. The molecule has 5 nitrogen and oxygen atoms in total. The lowest BCUT2D eigenvalue weighted by Crippen LogP contribution is -2.27. The standard InChI is InChI=1S/C13H13N3O2S/c17-12(16-10-3-1-6-14-9-10)5-7-15-13(18)11-4-2-8-19-11/h1-4,6,8-9H,5,7H2,(H,15,18)(H,16,17). The normalized spacial score (nSPS) is 9.89. The second-order valence-corrected chi connectivity index (χ2v) is 4.72. The highest BCUT2D eigenvalue weighted by Gasteiger charge is 2.07. The van der Waals surface area contributed by atoms with Gasteiger partial charge in [-0.3, -0.25) is 14.6 Å². The highest BCUT2D eigenvalue weighted by Crippen LogP contribution is 2.07. The lowest BCUT2D eigenvalue weighted by atomic mass is 10.3. The van der Waals surface area contributed by atoms with Crippen molar-refractivity contribution in [2.24, 2.45) is 0 Å². The lowest BCUT2D eigenvalue weighted by Gasteiger charge is -2.05. The monoisotopic (exact) mass is 275 g/mol. The van der Waals surface area contributed by atoms with E-state index in [1.165, 1.54) is 11.3 Å². The quantitative estimate of drug-likeness (QED) is 0.875. The number of thiophene rings is 1. The van der Waals surface area contributed by atoms with Gasteiger partial charge >= 0.3 is 0 Å². The summed E-state index contributed by atoms with van der Waals surface area (Å²) in [5.41, 5.74) is 0.650. The molecule has 0 aliphatic heterocycles. The largest absolute Gasteiger partial charge is 0.351 e. The van der Waals surface area contributed by atoms with Gasteiger partial charge in [0.1, 0.15) is 0 Å². The van der Waals surface area contributed by atoms with E-state index in [0.29, 0.717) is 17.1 Å². The highest BCUT2D eigenvalue weighted by atomic mass is 32.1. The summed E-state index contributed by atoms with van der Waals surface area (Å²) in [4.78, 5) is 27.7. The predicted octanol–water partition coefficient (Wildman–Crippen LogP) is 1.90. The Kier molecular flexibility index (Phi) is 4.63. The third-order valence-corrected chi connectivity index (χ3v) is 3.20. The van der Waals surface area contributed by atoms with E-state index < -0.39 is 0 Å². The van der Waals surface area contributed by atoms with Crippen LogP contribution in [0.4, 0.5) is 5.69 Å². The van der Waals surface area contributed by atoms with Crippen molar-refractivity contribution in [2.45, 2.75) is 6.42 Å². The van der Waals surface area contributed by atoms with Crippen LogP contribution in [0.3, 0.4) is 0 Å². The number of nitrogens with zero attached hydrogens (tertiary/aromatic N) is 1. The third-order valence-electron chi connectivity index (χ3n) is 2.33. The van der Waals surface area contributed by atoms with Crippen LogP contribution in [0.1, 0.15) is 16.1 Å². The Hall–Kier alpha value is -2.21. The van der Waals surface area contributed by atoms with E-state index in [9.17, 15) is 9.59 Å². The van der Waals surface area contributed by atoms with E-state index in [0.717, 1.165) is 0 Å². The SMILES string of the molecule is O=C(CCNC(=O)c1cccs1)Nc1cccnc1. The molecule has 0 radical (unpaired) electrons. The number of rotatable bonds is 5. The van der Waals surface area contributed by atoms with E-state index in [1.807, 2.05) is 11.4 Å². The van der Waals surface area contributed by atoms with Gasteiger partial charge < -0.3 is 10.6 Å². The maximum atomic E-state index is 11.6. The van der Waals surface area contributed by atoms with Crippen molar-refractivity contribution in [2.75, 3.05) is 11.9 Å². The molecule has 2 aromatic heterocycles. The van der Waals surface area contributed by atoms with Crippen LogP contribution in [0, 0.1) is 0 Å². The van der Waals surface area contributed by atoms with E-state index in [1.54, 1.807) is 30.6 Å². The average Bonchev–Trinajstić information content (AvgIpc) is 2.93. The van der Waals surface area contributed by atoms with Gasteiger partial charge in [0.05, 0.1) is 16.8 Å². The molecule has 19 heavy (non-hydrogen) atoms. The number of nitrogens with one attached hydrogen (secondary N) is 2. The summed E-state index contributed by atoms with van der Waals surface area (Å²) < 4.78 is 0. The minimum atomic E-state index is -0.153. The predicted molar refractivity (Wildman–Crippen MR) is 74.1 cm³/mol. The van der Waals surface area contributed by atoms with Crippen molar-refractivity contribution in [3.63, 3.8) is 0 Å². The van der Waals surface area contributed by atoms with Gasteiger partial charge in [-0.1, -0.05) is 6.07 Å². The molecule has 0 unspecified atom stereocenters. The lowest BCUT2D eigenvalue weighted by molar-refractivity contribution is -0.116. The van der Waals surface area contributed by atoms with Crippen molar-refractivity contribution in [3.8, 4) is 0 Å². The maximum absolute atomic E-state index is 11.6. The first-order valence-corrected chi connectivity index (χ1v) is 6.65. The average molecular weight is 275 g/mol. The van der Waals surface area contributed by atoms with Gasteiger partial charge in [-0.2, -0.15) is 0 Å². The zero-order chi connectivity index (χ0) is 13.5. The van der Waals surface area contributed by atoms with Gasteiger partial charge in [0.15, 0.2) is 0 Å². The van der Waals surface area contributed by atoms with Crippen molar-refractivity contribution in [3.05, 3.63) is 46.9 Å². The van der Waals surface area contributed by atoms with Gasteiger partial charge in [0.2, 0.25) is 5.91 Å². The Morgan fingerprint density at radius 2 is 2.16 bits per heavy atom. The first kappa shape index (κ1) is 13.2. The summed E-state index contributed by atoms with van der Waals surface area (Å²) in [6.45, 7) is 0.308. The Bertz CT molecular complexity index is 540. The molecule has 6 heteroatoms. The van der Waals surface area contributed by atoms with Crippen molar-refractivity contribution >= 4 is 28.8 Å². The molecule has 0 aromatic carbocycles. The van der Waals surface area contributed by atoms with Crippen LogP contribution in [-0.2, 0) is 4.79 Å². The van der Waals surface area contributed by atoms with Crippen LogP contribution in [0.25, 0.3) is 0 Å². The summed E-state index contributed by atoms with van der Waals surface area (Å²) in [5, 5.41) is 7.23. The summed E-state index contributed by atoms with van der Waals surface area (Å²) in [7, 11) is 0. The second kappa shape index (κ2) is 6.65. The smallest absolute Gasteiger partial charge is 0.261 e. The molecule has 2 rings (SSSR count). The van der Waals surface area contributed by atoms with Crippen LogP contribution in [0.2, 0.25) is 0 Å². The Labute approximate surface area is 114 Å². The number of pyridine rings is 1. The van der Waals surface area contributed by atoms with E-state index in [-0.39, 0.29) is 18.2 Å². The fourth-order valence-electron chi connectivity index (χ4n) is 1.44. The van der Waals surface area contributed by atoms with Crippen molar-refractivity contribution < 1.29 is 9.59 Å². The molecule has 2 heterocycles. The molecule has 2 N–H and O–H groups in total. The summed E-state index contributed by atoms with van der Waals surface area (Å²) in [5.74, 6) is -0.302. The summed E-state index contributed by atoms with van der Waals surface area (Å²) in [6, 6.07) is 7.06. The molecule has 0 bridgehead atoms. The minimum absolute atomic E-state index is 0.149. The van der Waals surface area contributed by atoms with Crippen LogP contribution < -0.4 is 10.6 Å². The van der Waals surface area contributed by atoms with Gasteiger partial charge in [0.25, 0.3) is 5.91 Å². The van der Waals surface area contributed by atoms with Gasteiger partial charge in [-0.05, 0) is 23.6 Å². The van der Waals surface area contributed by atoms with E-state index in [2.05, 4.69) is 15.6 Å². The number of carbonyl (C=O) groups is 2. The number of carbonyl (C=O) groups excluding carboxylic acids is 2. The summed E-state index contributed by atoms with van der Waals surface area (Å²) in [6.07, 6.45) is 3.44. The Morgan fingerprint density at radius 1 is 1.26 bits per heavy atom. The number of aromatic nitrogens is 1. The van der Waals surface area contributed by atoms with E-state index in [4.69, 9.17) is 0 Å². The molecular formula is C13H13N3O2S. The Balaban J connectivity index is 1.71. The fourth-order valence-corrected chi connectivity index (χ4v) is 2.08. The van der Waals surface area contributed by atoms with Crippen molar-refractivity contribution in [1.82, 2.24) is 10.3 Å². The zero-order valence-electron chi connectivity index (χ0n) is 10.1. The molecule has 0 atom stereocenters. The molecule has 0 saturated heterocycles. The van der Waals surface area contributed by atoms with Crippen molar-refractivity contribution in [1.29, 1.82) is 0 Å². The maximum Gasteiger partial charge on any atom is 0.261 e. The number of hydrogen-bond acceptors (Lipinski definition) is 4. The third kappa shape index (κ3) is 4.18. The van der Waals surface area contributed by atoms with Crippen LogP contribution in [0.5, 0.6) is 0 Å². The van der Waals surface area contributed by atoms with Crippen LogP contribution >= 0.6 is 11.3 Å². The number of anilines is 1. The summed E-state index contributed by atoms with van der Waals surface area (Å²) >= 11 is 1.37. The zero-order valence-corrected chi connectivity index (χ0v) is 10.9. The number of hydrogen-bond donors (Lipinski definition) is 2. The van der Waals surface area contributed by atoms with Gasteiger partial charge in [0, 0.05) is 19.2 Å². The molecule has 0 aliphatic carbocycles. The second-order valence-electron chi connectivity index (χ2n) is 3.77. The van der Waals surface area contributed by atoms with Gasteiger partial charge in [-0.25, -0.2) is 0 Å². The van der Waals surface area contributed by atoms with Crippen LogP contribution in [-0.4, -0.2) is 23.3 Å². The molecule has 2 amide bonds. The first-order valence-electron chi connectivity index (χ1n) is 5.77. The van der Waals surface area contributed by atoms with Crippen LogP contribution in [0.15, 0.2) is 42.0 Å². The molecule has 0 fully saturated rings. The topological polar surface area (TPSA) is 71.1 Å². The fraction of sp³-hybridized carbons (Fsp3) is 0.154. The van der Waals surface area contributed by atoms with Gasteiger partial charge in [-0.15, -0.1) is 11.3 Å².